The molecule has 0 aliphatic rings. The first kappa shape index (κ1) is 13.0. The maximum atomic E-state index is 13.7. The lowest BCUT2D eigenvalue weighted by Gasteiger charge is -2.24. The Morgan fingerprint density at radius 1 is 1.19 bits per heavy atom. The van der Waals surface area contributed by atoms with E-state index < -0.39 is 0 Å². The van der Waals surface area contributed by atoms with Gasteiger partial charge in [0.05, 0.1) is 0 Å². The lowest BCUT2D eigenvalue weighted by atomic mass is 10.1. The molecule has 0 unspecified atom stereocenters. The average molecular weight is 224 g/mol. The van der Waals surface area contributed by atoms with Gasteiger partial charge < -0.3 is 10.2 Å². The van der Waals surface area contributed by atoms with E-state index in [9.17, 15) is 4.39 Å². The molecule has 0 bridgehead atoms. The van der Waals surface area contributed by atoms with Crippen LogP contribution in [0, 0.1) is 5.82 Å². The summed E-state index contributed by atoms with van der Waals surface area (Å²) in [5.41, 5.74) is 1.78. The number of rotatable bonds is 6. The van der Waals surface area contributed by atoms with Crippen molar-refractivity contribution in [3.05, 3.63) is 29.6 Å². The largest absolute Gasteiger partial charge is 0.372 e. The second kappa shape index (κ2) is 6.48. The molecule has 0 aromatic heterocycles. The van der Waals surface area contributed by atoms with E-state index in [0.29, 0.717) is 6.54 Å². The van der Waals surface area contributed by atoms with E-state index in [1.807, 2.05) is 13.0 Å². The van der Waals surface area contributed by atoms with Gasteiger partial charge in [-0.1, -0.05) is 13.0 Å². The minimum absolute atomic E-state index is 0.120. The normalized spacial score (nSPS) is 10.5. The highest BCUT2D eigenvalue weighted by atomic mass is 19.1. The van der Waals surface area contributed by atoms with Crippen LogP contribution in [0.1, 0.15) is 26.3 Å². The minimum atomic E-state index is -0.120. The fourth-order valence-electron chi connectivity index (χ4n) is 1.83. The maximum Gasteiger partial charge on any atom is 0.129 e. The molecule has 0 spiro atoms. The van der Waals surface area contributed by atoms with Crippen molar-refractivity contribution in [1.82, 2.24) is 5.32 Å². The van der Waals surface area contributed by atoms with Crippen LogP contribution in [0.25, 0.3) is 0 Å². The van der Waals surface area contributed by atoms with E-state index >= 15 is 0 Å². The summed E-state index contributed by atoms with van der Waals surface area (Å²) >= 11 is 0. The summed E-state index contributed by atoms with van der Waals surface area (Å²) in [5.74, 6) is -0.120. The highest BCUT2D eigenvalue weighted by molar-refractivity contribution is 5.54. The van der Waals surface area contributed by atoms with Gasteiger partial charge in [-0.3, -0.25) is 0 Å². The zero-order chi connectivity index (χ0) is 12.0. The SMILES string of the molecule is CCNCc1c(F)cccc1N(CC)CC. The van der Waals surface area contributed by atoms with Crippen molar-refractivity contribution in [2.45, 2.75) is 27.3 Å². The fraction of sp³-hybridized carbons (Fsp3) is 0.538. The Morgan fingerprint density at radius 2 is 1.88 bits per heavy atom. The molecular formula is C13H21FN2. The number of benzene rings is 1. The van der Waals surface area contributed by atoms with Gasteiger partial charge in [0, 0.05) is 30.9 Å². The Morgan fingerprint density at radius 3 is 2.44 bits per heavy atom. The minimum Gasteiger partial charge on any atom is -0.372 e. The first-order valence-electron chi connectivity index (χ1n) is 5.97. The van der Waals surface area contributed by atoms with E-state index in [0.717, 1.165) is 30.9 Å². The molecule has 0 heterocycles. The molecule has 16 heavy (non-hydrogen) atoms. The molecule has 0 amide bonds. The van der Waals surface area contributed by atoms with Gasteiger partial charge in [-0.15, -0.1) is 0 Å². The van der Waals surface area contributed by atoms with Crippen molar-refractivity contribution < 1.29 is 4.39 Å². The standard InChI is InChI=1S/C13H21FN2/c1-4-15-10-11-12(14)8-7-9-13(11)16(5-2)6-3/h7-9,15H,4-6,10H2,1-3H3. The number of anilines is 1. The molecule has 1 aromatic rings. The van der Waals surface area contributed by atoms with Crippen LogP contribution in [0.4, 0.5) is 10.1 Å². The Kier molecular flexibility index (Phi) is 5.26. The van der Waals surface area contributed by atoms with Crippen LogP contribution in [-0.2, 0) is 6.54 Å². The Balaban J connectivity index is 3.01. The Labute approximate surface area is 97.5 Å². The molecule has 3 heteroatoms. The van der Waals surface area contributed by atoms with E-state index in [2.05, 4.69) is 24.1 Å². The molecule has 2 nitrogen and oxygen atoms in total. The van der Waals surface area contributed by atoms with E-state index in [1.54, 1.807) is 6.07 Å². The first-order chi connectivity index (χ1) is 7.74. The van der Waals surface area contributed by atoms with Crippen molar-refractivity contribution in [1.29, 1.82) is 0 Å². The van der Waals surface area contributed by atoms with Gasteiger partial charge in [0.1, 0.15) is 5.82 Å². The highest BCUT2D eigenvalue weighted by Gasteiger charge is 2.11. The lowest BCUT2D eigenvalue weighted by molar-refractivity contribution is 0.591. The Hall–Kier alpha value is -1.09. The zero-order valence-corrected chi connectivity index (χ0v) is 10.4. The van der Waals surface area contributed by atoms with Crippen molar-refractivity contribution in [3.63, 3.8) is 0 Å². The molecule has 0 aliphatic carbocycles. The van der Waals surface area contributed by atoms with Gasteiger partial charge in [-0.05, 0) is 32.5 Å². The molecule has 1 rings (SSSR count). The van der Waals surface area contributed by atoms with Crippen molar-refractivity contribution in [2.24, 2.45) is 0 Å². The van der Waals surface area contributed by atoms with Crippen molar-refractivity contribution in [3.8, 4) is 0 Å². The van der Waals surface area contributed by atoms with Gasteiger partial charge in [-0.2, -0.15) is 0 Å². The van der Waals surface area contributed by atoms with Crippen molar-refractivity contribution >= 4 is 5.69 Å². The van der Waals surface area contributed by atoms with Crippen LogP contribution in [0.5, 0.6) is 0 Å². The fourth-order valence-corrected chi connectivity index (χ4v) is 1.83. The average Bonchev–Trinajstić information content (AvgIpc) is 2.30. The summed E-state index contributed by atoms with van der Waals surface area (Å²) in [5, 5.41) is 3.18. The van der Waals surface area contributed by atoms with Gasteiger partial charge in [0.15, 0.2) is 0 Å². The zero-order valence-electron chi connectivity index (χ0n) is 10.4. The summed E-state index contributed by atoms with van der Waals surface area (Å²) in [6.45, 7) is 9.45. The first-order valence-corrected chi connectivity index (χ1v) is 5.97. The topological polar surface area (TPSA) is 15.3 Å². The molecule has 0 aliphatic heterocycles. The predicted molar refractivity (Wildman–Crippen MR) is 67.3 cm³/mol. The summed E-state index contributed by atoms with van der Waals surface area (Å²) in [6, 6.07) is 5.29. The van der Waals surface area contributed by atoms with Crippen LogP contribution in [-0.4, -0.2) is 19.6 Å². The predicted octanol–water partition coefficient (Wildman–Crippen LogP) is 2.78. The molecule has 0 fully saturated rings. The Bertz CT molecular complexity index is 322. The van der Waals surface area contributed by atoms with Crippen LogP contribution >= 0.6 is 0 Å². The smallest absolute Gasteiger partial charge is 0.129 e. The summed E-state index contributed by atoms with van der Waals surface area (Å²) < 4.78 is 13.7. The molecular weight excluding hydrogens is 203 g/mol. The van der Waals surface area contributed by atoms with Gasteiger partial charge in [-0.25, -0.2) is 4.39 Å². The molecule has 0 saturated carbocycles. The number of nitrogens with one attached hydrogen (secondary N) is 1. The van der Waals surface area contributed by atoms with Crippen LogP contribution in [0.2, 0.25) is 0 Å². The second-order valence-electron chi connectivity index (χ2n) is 3.69. The molecule has 1 N–H and O–H groups in total. The third-order valence-electron chi connectivity index (χ3n) is 2.75. The van der Waals surface area contributed by atoms with E-state index in [4.69, 9.17) is 0 Å². The summed E-state index contributed by atoms with van der Waals surface area (Å²) in [7, 11) is 0. The third kappa shape index (κ3) is 2.95. The van der Waals surface area contributed by atoms with Crippen LogP contribution in [0.3, 0.4) is 0 Å². The van der Waals surface area contributed by atoms with Crippen LogP contribution in [0.15, 0.2) is 18.2 Å². The molecule has 0 radical (unpaired) electrons. The third-order valence-corrected chi connectivity index (χ3v) is 2.75. The van der Waals surface area contributed by atoms with Gasteiger partial charge in [0.25, 0.3) is 0 Å². The molecule has 90 valence electrons. The number of halogens is 1. The number of nitrogens with zero attached hydrogens (tertiary/aromatic N) is 1. The summed E-state index contributed by atoms with van der Waals surface area (Å²) in [4.78, 5) is 2.18. The van der Waals surface area contributed by atoms with E-state index in [1.165, 1.54) is 6.07 Å². The quantitative estimate of drug-likeness (QED) is 0.799. The highest BCUT2D eigenvalue weighted by Crippen LogP contribution is 2.22. The molecule has 0 saturated heterocycles. The van der Waals surface area contributed by atoms with E-state index in [-0.39, 0.29) is 5.82 Å². The number of hydrogen-bond donors (Lipinski definition) is 1. The van der Waals surface area contributed by atoms with Gasteiger partial charge in [0.2, 0.25) is 0 Å². The number of hydrogen-bond acceptors (Lipinski definition) is 2. The summed E-state index contributed by atoms with van der Waals surface area (Å²) in [6.07, 6.45) is 0. The maximum absolute atomic E-state index is 13.7. The molecule has 0 atom stereocenters. The lowest BCUT2D eigenvalue weighted by Crippen LogP contribution is -2.25. The molecule has 1 aromatic carbocycles. The van der Waals surface area contributed by atoms with Crippen LogP contribution < -0.4 is 10.2 Å². The van der Waals surface area contributed by atoms with Crippen molar-refractivity contribution in [2.75, 3.05) is 24.5 Å². The monoisotopic (exact) mass is 224 g/mol. The second-order valence-corrected chi connectivity index (χ2v) is 3.69. The van der Waals surface area contributed by atoms with Gasteiger partial charge >= 0.3 is 0 Å².